The van der Waals surface area contributed by atoms with Gasteiger partial charge in [-0.2, -0.15) is 5.26 Å². The molecule has 0 spiro atoms. The molecule has 0 bridgehead atoms. The molecule has 0 radical (unpaired) electrons. The van der Waals surface area contributed by atoms with E-state index in [1.807, 2.05) is 0 Å². The number of carbonyl (C=O) groups excluding carboxylic acids is 1. The number of allylic oxidation sites excluding steroid dienone is 2. The van der Waals surface area contributed by atoms with Crippen LogP contribution >= 0.6 is 0 Å². The minimum Gasteiger partial charge on any atom is -0.404 e. The van der Waals surface area contributed by atoms with Crippen LogP contribution in [-0.4, -0.2) is 29.7 Å². The molecule has 6 N–H and O–H groups in total. The monoisotopic (exact) mass is 393 g/mol. The van der Waals surface area contributed by atoms with Gasteiger partial charge in [0.05, 0.1) is 28.9 Å². The largest absolute Gasteiger partial charge is 0.404 e. The van der Waals surface area contributed by atoms with Crippen LogP contribution in [0.5, 0.6) is 0 Å². The molecule has 0 aliphatic carbocycles. The summed E-state index contributed by atoms with van der Waals surface area (Å²) >= 11 is 0. The molecule has 29 heavy (non-hydrogen) atoms. The van der Waals surface area contributed by atoms with E-state index in [9.17, 15) is 15.0 Å². The molecule has 2 aliphatic heterocycles. The smallest absolute Gasteiger partial charge is 0.219 e. The standard InChI is InChI=1S/C20H23N7O2/c1-11(28)27-7-5-12(6-8-27)18-14(9-21)17(15(10-22)20(24)25-18)13-3-2-4-16(23)19(13)26-29/h2-4,10,12,17H,5-8,22-23H2,1H3,(H2,24,25)/b15-10-. The summed E-state index contributed by atoms with van der Waals surface area (Å²) in [6.45, 7) is 2.71. The van der Waals surface area contributed by atoms with Crippen molar-refractivity contribution in [1.29, 1.82) is 5.26 Å². The van der Waals surface area contributed by atoms with Crippen LogP contribution in [0.15, 0.2) is 51.4 Å². The van der Waals surface area contributed by atoms with E-state index in [0.717, 1.165) is 0 Å². The number of nitrogens with zero attached hydrogens (tertiary/aromatic N) is 4. The van der Waals surface area contributed by atoms with Gasteiger partial charge in [0.25, 0.3) is 0 Å². The summed E-state index contributed by atoms with van der Waals surface area (Å²) in [6.07, 6.45) is 2.63. The van der Waals surface area contributed by atoms with Crippen molar-refractivity contribution in [2.45, 2.75) is 25.7 Å². The summed E-state index contributed by atoms with van der Waals surface area (Å²) in [4.78, 5) is 29.3. The number of nitrogens with two attached hydrogens (primary N) is 3. The van der Waals surface area contributed by atoms with E-state index in [4.69, 9.17) is 17.2 Å². The molecule has 1 fully saturated rings. The van der Waals surface area contributed by atoms with Gasteiger partial charge in [0, 0.05) is 37.7 Å². The number of piperidine rings is 1. The molecule has 1 amide bonds. The van der Waals surface area contributed by atoms with Crippen LogP contribution in [0, 0.1) is 22.2 Å². The molecule has 1 aromatic carbocycles. The molecule has 0 saturated carbocycles. The van der Waals surface area contributed by atoms with Gasteiger partial charge in [-0.25, -0.2) is 4.99 Å². The van der Waals surface area contributed by atoms with Crippen LogP contribution in [0.4, 0.5) is 11.4 Å². The van der Waals surface area contributed by atoms with Crippen LogP contribution < -0.4 is 17.2 Å². The molecule has 1 unspecified atom stereocenters. The Morgan fingerprint density at radius 1 is 1.34 bits per heavy atom. The lowest BCUT2D eigenvalue weighted by atomic mass is 9.77. The molecule has 1 aromatic rings. The zero-order valence-electron chi connectivity index (χ0n) is 16.1. The maximum Gasteiger partial charge on any atom is 0.219 e. The summed E-state index contributed by atoms with van der Waals surface area (Å²) in [5, 5.41) is 13.1. The Morgan fingerprint density at radius 2 is 2.03 bits per heavy atom. The third-order valence-corrected chi connectivity index (χ3v) is 5.54. The second-order valence-corrected chi connectivity index (χ2v) is 7.12. The molecular formula is C20H23N7O2. The Hall–Kier alpha value is -3.67. The number of nitrogen functional groups attached to an aromatic ring is 1. The number of aliphatic imine (C=N–C) groups is 1. The van der Waals surface area contributed by atoms with E-state index in [0.29, 0.717) is 48.3 Å². The predicted molar refractivity (Wildman–Crippen MR) is 111 cm³/mol. The maximum absolute atomic E-state index is 11.6. The zero-order valence-corrected chi connectivity index (χ0v) is 16.1. The van der Waals surface area contributed by atoms with Crippen molar-refractivity contribution < 1.29 is 4.79 Å². The molecule has 9 heteroatoms. The lowest BCUT2D eigenvalue weighted by Gasteiger charge is -2.34. The first-order valence-electron chi connectivity index (χ1n) is 9.30. The molecule has 3 rings (SSSR count). The Bertz CT molecular complexity index is 979. The van der Waals surface area contributed by atoms with Gasteiger partial charge in [0.2, 0.25) is 5.91 Å². The van der Waals surface area contributed by atoms with Crippen molar-refractivity contribution in [2.24, 2.45) is 27.6 Å². The molecule has 1 atom stereocenters. The Balaban J connectivity index is 2.12. The molecular weight excluding hydrogens is 370 g/mol. The summed E-state index contributed by atoms with van der Waals surface area (Å²) in [6, 6.07) is 7.19. The lowest BCUT2D eigenvalue weighted by Crippen LogP contribution is -2.38. The van der Waals surface area contributed by atoms with Crippen LogP contribution in [0.2, 0.25) is 0 Å². The number of hydrogen-bond acceptors (Lipinski definition) is 8. The van der Waals surface area contributed by atoms with Crippen LogP contribution in [0.25, 0.3) is 0 Å². The number of nitroso groups, excluding NO2 is 1. The van der Waals surface area contributed by atoms with Crippen LogP contribution in [-0.2, 0) is 4.79 Å². The fourth-order valence-corrected chi connectivity index (χ4v) is 4.03. The number of rotatable bonds is 3. The van der Waals surface area contributed by atoms with E-state index in [1.54, 1.807) is 30.0 Å². The SMILES string of the molecule is CC(=O)N1CCC(C2=C(C#N)C(c3cccc(N)c3N=O)/C(=C/N)C(N)=N2)CC1. The summed E-state index contributed by atoms with van der Waals surface area (Å²) in [7, 11) is 0. The highest BCUT2D eigenvalue weighted by atomic mass is 16.3. The topological polar surface area (TPSA) is 164 Å². The Labute approximate surface area is 168 Å². The molecule has 2 aliphatic rings. The Morgan fingerprint density at radius 3 is 2.59 bits per heavy atom. The first-order valence-corrected chi connectivity index (χ1v) is 9.30. The van der Waals surface area contributed by atoms with E-state index >= 15 is 0 Å². The molecule has 1 saturated heterocycles. The average molecular weight is 393 g/mol. The number of nitriles is 1. The lowest BCUT2D eigenvalue weighted by molar-refractivity contribution is -0.130. The van der Waals surface area contributed by atoms with E-state index in [-0.39, 0.29) is 29.0 Å². The highest BCUT2D eigenvalue weighted by Gasteiger charge is 2.36. The first kappa shape index (κ1) is 20.1. The van der Waals surface area contributed by atoms with Gasteiger partial charge in [-0.1, -0.05) is 12.1 Å². The molecule has 150 valence electrons. The highest BCUT2D eigenvalue weighted by molar-refractivity contribution is 6.01. The normalized spacial score (nSPS) is 21.7. The van der Waals surface area contributed by atoms with Gasteiger partial charge < -0.3 is 22.1 Å². The number of benzene rings is 1. The quantitative estimate of drug-likeness (QED) is 0.525. The highest BCUT2D eigenvalue weighted by Crippen LogP contribution is 2.45. The van der Waals surface area contributed by atoms with Crippen molar-refractivity contribution in [3.05, 3.63) is 51.7 Å². The van der Waals surface area contributed by atoms with E-state index in [1.165, 1.54) is 6.20 Å². The summed E-state index contributed by atoms with van der Waals surface area (Å²) < 4.78 is 0. The van der Waals surface area contributed by atoms with Gasteiger partial charge in [-0.15, -0.1) is 4.91 Å². The van der Waals surface area contributed by atoms with E-state index < -0.39 is 5.92 Å². The van der Waals surface area contributed by atoms with Crippen LogP contribution in [0.1, 0.15) is 31.2 Å². The molecule has 0 aromatic heterocycles. The molecule has 9 nitrogen and oxygen atoms in total. The minimum atomic E-state index is -0.681. The number of likely N-dealkylation sites (tertiary alicyclic amines) is 1. The summed E-state index contributed by atoms with van der Waals surface area (Å²) in [5.74, 6) is -0.495. The number of amidine groups is 1. The van der Waals surface area contributed by atoms with Crippen molar-refractivity contribution in [3.63, 3.8) is 0 Å². The van der Waals surface area contributed by atoms with Crippen molar-refractivity contribution in [2.75, 3.05) is 18.8 Å². The third kappa shape index (κ3) is 3.57. The number of hydrogen-bond donors (Lipinski definition) is 3. The van der Waals surface area contributed by atoms with Gasteiger partial charge in [-0.05, 0) is 29.6 Å². The minimum absolute atomic E-state index is 0.0253. The van der Waals surface area contributed by atoms with Crippen molar-refractivity contribution in [1.82, 2.24) is 4.90 Å². The van der Waals surface area contributed by atoms with Gasteiger partial charge in [0.1, 0.15) is 11.5 Å². The van der Waals surface area contributed by atoms with Gasteiger partial charge >= 0.3 is 0 Å². The fraction of sp³-hybridized carbons (Fsp3) is 0.350. The number of carbonyl (C=O) groups is 1. The predicted octanol–water partition coefficient (Wildman–Crippen LogP) is 2.00. The van der Waals surface area contributed by atoms with Crippen molar-refractivity contribution in [3.8, 4) is 6.07 Å². The fourth-order valence-electron chi connectivity index (χ4n) is 4.03. The molecule has 2 heterocycles. The third-order valence-electron chi connectivity index (χ3n) is 5.54. The summed E-state index contributed by atoms with van der Waals surface area (Å²) in [5.41, 5.74) is 20.0. The van der Waals surface area contributed by atoms with Crippen LogP contribution in [0.3, 0.4) is 0 Å². The number of amides is 1. The number of anilines is 1. The van der Waals surface area contributed by atoms with Gasteiger partial charge in [-0.3, -0.25) is 4.79 Å². The Kier molecular flexibility index (Phi) is 5.64. The van der Waals surface area contributed by atoms with Gasteiger partial charge in [0.15, 0.2) is 0 Å². The maximum atomic E-state index is 11.6. The van der Waals surface area contributed by atoms with Crippen molar-refractivity contribution >= 4 is 23.1 Å². The second kappa shape index (κ2) is 8.14. The average Bonchev–Trinajstić information content (AvgIpc) is 2.72. The first-order chi connectivity index (χ1) is 13.9. The second-order valence-electron chi connectivity index (χ2n) is 7.12. The van der Waals surface area contributed by atoms with E-state index in [2.05, 4.69) is 16.2 Å². The zero-order chi connectivity index (χ0) is 21.1.